The predicted molar refractivity (Wildman–Crippen MR) is 249 cm³/mol. The molecule has 1 saturated carbocycles. The molecule has 2 aromatic rings. The molecular formula is C49H76N8O7. The SMILES string of the molecule is CC[C@H](C)[C@H](NC(=O)[C@H](Cc1ccccc1)NC[C@H](Cc1ccccc1)NC(=O)[C@@H](NC(=O)[C@@H]1CCCN1C(=O)[C@@H](N)CCCCN)C(C)C)C(=O)N[C@@H](CC1CCCCC1)C(=O)O. The zero-order valence-corrected chi connectivity index (χ0v) is 38.6. The summed E-state index contributed by atoms with van der Waals surface area (Å²) in [4.78, 5) is 83.6. The lowest BCUT2D eigenvalue weighted by atomic mass is 9.84. The fraction of sp³-hybridized carbons (Fsp3) is 0.633. The molecule has 5 amide bonds. The van der Waals surface area contributed by atoms with Crippen molar-refractivity contribution in [2.75, 3.05) is 19.6 Å². The Morgan fingerprint density at radius 3 is 1.95 bits per heavy atom. The van der Waals surface area contributed by atoms with E-state index in [1.54, 1.807) is 0 Å². The Kier molecular flexibility index (Phi) is 21.7. The number of hydrogen-bond donors (Lipinski definition) is 8. The molecule has 0 unspecified atom stereocenters. The van der Waals surface area contributed by atoms with Gasteiger partial charge in [-0.05, 0) is 80.4 Å². The van der Waals surface area contributed by atoms with E-state index >= 15 is 0 Å². The highest BCUT2D eigenvalue weighted by atomic mass is 16.4. The monoisotopic (exact) mass is 889 g/mol. The van der Waals surface area contributed by atoms with Crippen LogP contribution in [0.15, 0.2) is 60.7 Å². The van der Waals surface area contributed by atoms with Gasteiger partial charge in [-0.25, -0.2) is 4.79 Å². The Morgan fingerprint density at radius 2 is 1.36 bits per heavy atom. The number of amides is 5. The van der Waals surface area contributed by atoms with E-state index in [2.05, 4.69) is 26.6 Å². The third kappa shape index (κ3) is 16.3. The van der Waals surface area contributed by atoms with E-state index in [-0.39, 0.29) is 36.6 Å². The highest BCUT2D eigenvalue weighted by Crippen LogP contribution is 2.28. The van der Waals surface area contributed by atoms with Crippen LogP contribution in [-0.2, 0) is 41.6 Å². The summed E-state index contributed by atoms with van der Waals surface area (Å²) in [6.07, 6.45) is 9.73. The average Bonchev–Trinajstić information content (AvgIpc) is 3.79. The molecule has 1 aliphatic carbocycles. The molecule has 15 heteroatoms. The van der Waals surface area contributed by atoms with Crippen molar-refractivity contribution in [2.45, 2.75) is 160 Å². The number of hydrogen-bond acceptors (Lipinski definition) is 9. The predicted octanol–water partition coefficient (Wildman–Crippen LogP) is 3.57. The van der Waals surface area contributed by atoms with Gasteiger partial charge in [0.25, 0.3) is 0 Å². The van der Waals surface area contributed by atoms with Crippen LogP contribution in [0.3, 0.4) is 0 Å². The normalized spacial score (nSPS) is 18.8. The molecule has 1 saturated heterocycles. The maximum atomic E-state index is 14.4. The third-order valence-electron chi connectivity index (χ3n) is 13.0. The van der Waals surface area contributed by atoms with Crippen LogP contribution in [0.4, 0.5) is 0 Å². The number of nitrogens with one attached hydrogen (secondary N) is 5. The molecule has 4 rings (SSSR count). The van der Waals surface area contributed by atoms with Gasteiger partial charge in [-0.1, -0.05) is 133 Å². The number of carbonyl (C=O) groups excluding carboxylic acids is 5. The van der Waals surface area contributed by atoms with E-state index in [4.69, 9.17) is 11.5 Å². The van der Waals surface area contributed by atoms with E-state index in [9.17, 15) is 33.9 Å². The van der Waals surface area contributed by atoms with Crippen molar-refractivity contribution >= 4 is 35.5 Å². The maximum Gasteiger partial charge on any atom is 0.326 e. The van der Waals surface area contributed by atoms with Crippen LogP contribution in [0, 0.1) is 17.8 Å². The first-order valence-corrected chi connectivity index (χ1v) is 23.7. The first-order chi connectivity index (χ1) is 30.7. The molecule has 10 N–H and O–H groups in total. The minimum Gasteiger partial charge on any atom is -0.480 e. The van der Waals surface area contributed by atoms with Gasteiger partial charge in [-0.3, -0.25) is 24.0 Å². The van der Waals surface area contributed by atoms with Gasteiger partial charge in [0.1, 0.15) is 24.2 Å². The summed E-state index contributed by atoms with van der Waals surface area (Å²) < 4.78 is 0. The number of unbranched alkanes of at least 4 members (excludes halogenated alkanes) is 1. The Balaban J connectivity index is 1.52. The van der Waals surface area contributed by atoms with Gasteiger partial charge < -0.3 is 48.1 Å². The summed E-state index contributed by atoms with van der Waals surface area (Å²) in [5, 5.41) is 25.4. The Bertz CT molecular complexity index is 1780. The Hall–Kier alpha value is -4.86. The van der Waals surface area contributed by atoms with Crippen LogP contribution < -0.4 is 38.1 Å². The minimum absolute atomic E-state index is 0.153. The first kappa shape index (κ1) is 51.8. The fourth-order valence-electron chi connectivity index (χ4n) is 8.88. The molecule has 0 radical (unpaired) electrons. The van der Waals surface area contributed by atoms with Gasteiger partial charge >= 0.3 is 5.97 Å². The number of aliphatic carboxylic acids is 1. The molecule has 1 aliphatic heterocycles. The second-order valence-corrected chi connectivity index (χ2v) is 18.4. The standard InChI is InChI=1S/C49H76N8O7/c1-5-33(4)43(47(61)54-40(49(63)64)30-36-22-13-8-14-23-36)56-44(58)39(29-35-20-11-7-12-21-35)52-31-37(28-34-18-9-6-10-19-34)53-46(60)42(32(2)3)55-45(59)41-25-17-27-57(41)48(62)38(51)24-15-16-26-50/h6-7,9-12,18-21,32-33,36-43,52H,5,8,13-17,22-31,50-51H2,1-4H3,(H,53,60)(H,54,61)(H,55,59)(H,56,58)(H,63,64)/t33-,37-,38-,39-,40-,41-,42-,43-/m0/s1. The summed E-state index contributed by atoms with van der Waals surface area (Å²) >= 11 is 0. The Morgan fingerprint density at radius 1 is 0.734 bits per heavy atom. The Labute approximate surface area is 380 Å². The molecule has 354 valence electrons. The van der Waals surface area contributed by atoms with Crippen molar-refractivity contribution < 1.29 is 33.9 Å². The quantitative estimate of drug-likeness (QED) is 0.0640. The molecule has 0 aromatic heterocycles. The number of carbonyl (C=O) groups is 6. The number of likely N-dealkylation sites (tertiary alicyclic amines) is 1. The smallest absolute Gasteiger partial charge is 0.326 e. The molecule has 64 heavy (non-hydrogen) atoms. The molecule has 2 aliphatic rings. The molecule has 1 heterocycles. The molecule has 15 nitrogen and oxygen atoms in total. The van der Waals surface area contributed by atoms with Crippen LogP contribution >= 0.6 is 0 Å². The van der Waals surface area contributed by atoms with Gasteiger partial charge in [-0.15, -0.1) is 0 Å². The lowest BCUT2D eigenvalue weighted by molar-refractivity contribution is -0.143. The fourth-order valence-corrected chi connectivity index (χ4v) is 8.88. The van der Waals surface area contributed by atoms with Crippen LogP contribution in [0.2, 0.25) is 0 Å². The average molecular weight is 889 g/mol. The minimum atomic E-state index is -1.09. The van der Waals surface area contributed by atoms with Crippen molar-refractivity contribution in [3.8, 4) is 0 Å². The zero-order valence-electron chi connectivity index (χ0n) is 38.6. The summed E-state index contributed by atoms with van der Waals surface area (Å²) in [5.41, 5.74) is 13.7. The van der Waals surface area contributed by atoms with E-state index < -0.39 is 71.9 Å². The number of carboxylic acids is 1. The molecule has 8 atom stereocenters. The zero-order chi connectivity index (χ0) is 46.6. The van der Waals surface area contributed by atoms with Gasteiger partial charge in [0.2, 0.25) is 29.5 Å². The summed E-state index contributed by atoms with van der Waals surface area (Å²) in [6.45, 7) is 8.55. The van der Waals surface area contributed by atoms with Gasteiger partial charge in [-0.2, -0.15) is 0 Å². The van der Waals surface area contributed by atoms with E-state index in [0.717, 1.165) is 49.7 Å². The van der Waals surface area contributed by atoms with Crippen molar-refractivity contribution in [1.82, 2.24) is 31.5 Å². The second kappa shape index (κ2) is 26.8. The summed E-state index contributed by atoms with van der Waals surface area (Å²) in [5.74, 6) is -3.53. The largest absolute Gasteiger partial charge is 0.480 e. The van der Waals surface area contributed by atoms with Gasteiger partial charge in [0.05, 0.1) is 12.1 Å². The first-order valence-electron chi connectivity index (χ1n) is 23.7. The maximum absolute atomic E-state index is 14.4. The molecule has 2 aromatic carbocycles. The van der Waals surface area contributed by atoms with E-state index in [1.165, 1.54) is 4.90 Å². The van der Waals surface area contributed by atoms with Crippen LogP contribution in [0.5, 0.6) is 0 Å². The lowest BCUT2D eigenvalue weighted by Gasteiger charge is -2.31. The number of rotatable bonds is 26. The van der Waals surface area contributed by atoms with E-state index in [0.29, 0.717) is 58.0 Å². The lowest BCUT2D eigenvalue weighted by Crippen LogP contribution is -2.60. The van der Waals surface area contributed by atoms with Gasteiger partial charge in [0.15, 0.2) is 0 Å². The van der Waals surface area contributed by atoms with Crippen molar-refractivity contribution in [1.29, 1.82) is 0 Å². The number of nitrogens with zero attached hydrogens (tertiary/aromatic N) is 1. The summed E-state index contributed by atoms with van der Waals surface area (Å²) in [6, 6.07) is 13.3. The van der Waals surface area contributed by atoms with Crippen LogP contribution in [0.1, 0.15) is 116 Å². The highest BCUT2D eigenvalue weighted by Gasteiger charge is 2.39. The van der Waals surface area contributed by atoms with Crippen LogP contribution in [0.25, 0.3) is 0 Å². The molecular weight excluding hydrogens is 813 g/mol. The molecule has 0 spiro atoms. The van der Waals surface area contributed by atoms with Crippen molar-refractivity contribution in [2.24, 2.45) is 29.2 Å². The third-order valence-corrected chi connectivity index (χ3v) is 13.0. The summed E-state index contributed by atoms with van der Waals surface area (Å²) in [7, 11) is 0. The highest BCUT2D eigenvalue weighted by molar-refractivity contribution is 5.94. The van der Waals surface area contributed by atoms with Crippen molar-refractivity contribution in [3.63, 3.8) is 0 Å². The topological polar surface area (TPSA) is 238 Å². The number of nitrogens with two attached hydrogens (primary N) is 2. The van der Waals surface area contributed by atoms with Crippen LogP contribution in [-0.4, -0.2) is 107 Å². The second-order valence-electron chi connectivity index (χ2n) is 18.4. The van der Waals surface area contributed by atoms with Gasteiger partial charge in [0, 0.05) is 19.1 Å². The van der Waals surface area contributed by atoms with Crippen molar-refractivity contribution in [3.05, 3.63) is 71.8 Å². The molecule has 0 bridgehead atoms. The number of carboxylic acid groups (broad SMARTS) is 1. The molecule has 2 fully saturated rings. The van der Waals surface area contributed by atoms with E-state index in [1.807, 2.05) is 88.4 Å². The number of benzene rings is 2.